The maximum Gasteiger partial charge on any atom is 0.261 e. The molecule has 3 unspecified atom stereocenters. The molecule has 0 radical (unpaired) electrons. The van der Waals surface area contributed by atoms with Crippen molar-refractivity contribution < 1.29 is 13.2 Å². The highest BCUT2D eigenvalue weighted by atomic mass is 35.7. The van der Waals surface area contributed by atoms with E-state index in [-0.39, 0.29) is 4.90 Å². The maximum atomic E-state index is 11.3. The topological polar surface area (TPSA) is 43.4 Å². The molecule has 1 aromatic carbocycles. The van der Waals surface area contributed by atoms with Gasteiger partial charge in [0, 0.05) is 10.7 Å². The Labute approximate surface area is 118 Å². The first-order chi connectivity index (χ1) is 8.93. The van der Waals surface area contributed by atoms with Crippen LogP contribution in [0.2, 0.25) is 0 Å². The minimum atomic E-state index is -3.67. The van der Waals surface area contributed by atoms with E-state index < -0.39 is 9.05 Å². The molecule has 5 heteroatoms. The van der Waals surface area contributed by atoms with E-state index in [1.54, 1.807) is 19.1 Å². The summed E-state index contributed by atoms with van der Waals surface area (Å²) in [5, 5.41) is 0. The summed E-state index contributed by atoms with van der Waals surface area (Å²) in [5.41, 5.74) is 0.635. The van der Waals surface area contributed by atoms with E-state index in [4.69, 9.17) is 15.4 Å². The molecule has 2 aliphatic carbocycles. The molecule has 3 atom stereocenters. The number of fused-ring (bicyclic) bond motifs is 2. The number of halogens is 1. The van der Waals surface area contributed by atoms with Gasteiger partial charge in [0.2, 0.25) is 0 Å². The van der Waals surface area contributed by atoms with Crippen LogP contribution in [0.3, 0.4) is 0 Å². The van der Waals surface area contributed by atoms with Crippen LogP contribution in [-0.2, 0) is 9.05 Å². The van der Waals surface area contributed by atoms with Crippen molar-refractivity contribution in [3.63, 3.8) is 0 Å². The van der Waals surface area contributed by atoms with Gasteiger partial charge in [0.05, 0.1) is 4.90 Å². The second-order valence-corrected chi connectivity index (χ2v) is 8.23. The third-order valence-corrected chi connectivity index (χ3v) is 5.85. The highest BCUT2D eigenvalue weighted by Crippen LogP contribution is 2.46. The van der Waals surface area contributed by atoms with Crippen LogP contribution >= 0.6 is 10.7 Å². The van der Waals surface area contributed by atoms with Crippen molar-refractivity contribution in [3.05, 3.63) is 23.8 Å². The molecular weight excluding hydrogens is 284 g/mol. The van der Waals surface area contributed by atoms with Gasteiger partial charge >= 0.3 is 0 Å². The monoisotopic (exact) mass is 300 g/mol. The van der Waals surface area contributed by atoms with Crippen molar-refractivity contribution in [1.82, 2.24) is 0 Å². The van der Waals surface area contributed by atoms with Crippen LogP contribution in [0.15, 0.2) is 23.1 Å². The van der Waals surface area contributed by atoms with Crippen LogP contribution in [0.4, 0.5) is 0 Å². The third-order valence-electron chi connectivity index (χ3n) is 4.37. The van der Waals surface area contributed by atoms with E-state index in [1.807, 2.05) is 0 Å². The van der Waals surface area contributed by atoms with Gasteiger partial charge in [0.25, 0.3) is 9.05 Å². The van der Waals surface area contributed by atoms with Crippen LogP contribution in [-0.4, -0.2) is 14.5 Å². The summed E-state index contributed by atoms with van der Waals surface area (Å²) in [6.07, 6.45) is 5.34. The van der Waals surface area contributed by atoms with Crippen molar-refractivity contribution >= 4 is 19.7 Å². The number of hydrogen-bond acceptors (Lipinski definition) is 3. The van der Waals surface area contributed by atoms with Gasteiger partial charge in [-0.3, -0.25) is 0 Å². The number of aryl methyl sites for hydroxylation is 1. The second-order valence-electron chi connectivity index (χ2n) is 5.70. The average molecular weight is 301 g/mol. The molecule has 2 aliphatic rings. The predicted octanol–water partition coefficient (Wildman–Crippen LogP) is 3.49. The SMILES string of the molecule is Cc1cc(OC2CC3CCC2C3)ccc1S(=O)(=O)Cl. The lowest BCUT2D eigenvalue weighted by molar-refractivity contribution is 0.138. The molecule has 0 amide bonds. The van der Waals surface area contributed by atoms with Gasteiger partial charge in [-0.2, -0.15) is 0 Å². The molecule has 104 valence electrons. The summed E-state index contributed by atoms with van der Waals surface area (Å²) < 4.78 is 28.7. The number of rotatable bonds is 3. The van der Waals surface area contributed by atoms with Crippen LogP contribution in [0.1, 0.15) is 31.2 Å². The third kappa shape index (κ3) is 2.61. The normalized spacial score (nSPS) is 29.7. The van der Waals surface area contributed by atoms with Gasteiger partial charge in [-0.25, -0.2) is 8.42 Å². The molecule has 1 aromatic rings. The fourth-order valence-electron chi connectivity index (χ4n) is 3.47. The molecule has 3 rings (SSSR count). The van der Waals surface area contributed by atoms with E-state index >= 15 is 0 Å². The van der Waals surface area contributed by atoms with Crippen molar-refractivity contribution in [2.45, 2.75) is 43.6 Å². The highest BCUT2D eigenvalue weighted by molar-refractivity contribution is 8.13. The molecule has 2 bridgehead atoms. The molecule has 2 saturated carbocycles. The fourth-order valence-corrected chi connectivity index (χ4v) is 4.67. The molecule has 0 N–H and O–H groups in total. The Balaban J connectivity index is 1.78. The first kappa shape index (κ1) is 13.3. The Kier molecular flexibility index (Phi) is 3.26. The van der Waals surface area contributed by atoms with Crippen molar-refractivity contribution in [1.29, 1.82) is 0 Å². The minimum absolute atomic E-state index is 0.162. The zero-order valence-electron chi connectivity index (χ0n) is 10.8. The largest absolute Gasteiger partial charge is 0.490 e. The molecule has 19 heavy (non-hydrogen) atoms. The van der Waals surface area contributed by atoms with E-state index in [2.05, 4.69) is 0 Å². The second kappa shape index (κ2) is 4.67. The van der Waals surface area contributed by atoms with Crippen molar-refractivity contribution in [2.24, 2.45) is 11.8 Å². The molecule has 2 fully saturated rings. The minimum Gasteiger partial charge on any atom is -0.490 e. The lowest BCUT2D eigenvalue weighted by Crippen LogP contribution is -2.23. The lowest BCUT2D eigenvalue weighted by Gasteiger charge is -2.23. The van der Waals surface area contributed by atoms with Gasteiger partial charge in [-0.05, 0) is 68.2 Å². The summed E-state index contributed by atoms with van der Waals surface area (Å²) in [6.45, 7) is 1.74. The highest BCUT2D eigenvalue weighted by Gasteiger charge is 2.40. The smallest absolute Gasteiger partial charge is 0.261 e. The van der Waals surface area contributed by atoms with E-state index in [1.165, 1.54) is 25.3 Å². The lowest BCUT2D eigenvalue weighted by atomic mass is 9.98. The van der Waals surface area contributed by atoms with Gasteiger partial charge in [0.15, 0.2) is 0 Å². The first-order valence-corrected chi connectivity index (χ1v) is 8.96. The van der Waals surface area contributed by atoms with Gasteiger partial charge in [0.1, 0.15) is 11.9 Å². The van der Waals surface area contributed by atoms with Gasteiger partial charge in [-0.15, -0.1) is 0 Å². The van der Waals surface area contributed by atoms with Crippen LogP contribution < -0.4 is 4.74 Å². The first-order valence-electron chi connectivity index (χ1n) is 6.65. The standard InChI is InChI=1S/C14H17ClO3S/c1-9-6-12(4-5-14(9)19(15,16)17)18-13-8-10-2-3-11(13)7-10/h4-6,10-11,13H,2-3,7-8H2,1H3. The Bertz CT molecular complexity index is 597. The molecule has 0 aromatic heterocycles. The van der Waals surface area contributed by atoms with E-state index in [9.17, 15) is 8.42 Å². The predicted molar refractivity (Wildman–Crippen MR) is 74.1 cm³/mol. The van der Waals surface area contributed by atoms with Gasteiger partial charge in [-0.1, -0.05) is 0 Å². The summed E-state index contributed by atoms with van der Waals surface area (Å²) in [4.78, 5) is 0.162. The molecule has 0 aliphatic heterocycles. The Morgan fingerprint density at radius 1 is 1.26 bits per heavy atom. The fraction of sp³-hybridized carbons (Fsp3) is 0.571. The Hall–Kier alpha value is -0.740. The summed E-state index contributed by atoms with van der Waals surface area (Å²) in [6, 6.07) is 5.00. The summed E-state index contributed by atoms with van der Waals surface area (Å²) in [5.74, 6) is 2.26. The zero-order valence-corrected chi connectivity index (χ0v) is 12.4. The molecular formula is C14H17ClO3S. The summed E-state index contributed by atoms with van der Waals surface area (Å²) >= 11 is 0. The number of benzene rings is 1. The van der Waals surface area contributed by atoms with Crippen LogP contribution in [0.25, 0.3) is 0 Å². The molecule has 3 nitrogen and oxygen atoms in total. The van der Waals surface area contributed by atoms with Gasteiger partial charge < -0.3 is 4.74 Å². The number of ether oxygens (including phenoxy) is 1. The zero-order chi connectivity index (χ0) is 13.6. The van der Waals surface area contributed by atoms with Crippen LogP contribution in [0, 0.1) is 18.8 Å². The molecule has 0 saturated heterocycles. The Morgan fingerprint density at radius 2 is 2.05 bits per heavy atom. The van der Waals surface area contributed by atoms with E-state index in [0.29, 0.717) is 17.6 Å². The Morgan fingerprint density at radius 3 is 2.58 bits per heavy atom. The van der Waals surface area contributed by atoms with Crippen molar-refractivity contribution in [3.8, 4) is 5.75 Å². The average Bonchev–Trinajstić information content (AvgIpc) is 2.89. The molecule has 0 spiro atoms. The quantitative estimate of drug-likeness (QED) is 0.803. The molecule has 0 heterocycles. The maximum absolute atomic E-state index is 11.3. The van der Waals surface area contributed by atoms with E-state index in [0.717, 1.165) is 18.1 Å². The summed E-state index contributed by atoms with van der Waals surface area (Å²) in [7, 11) is 1.70. The number of hydrogen-bond donors (Lipinski definition) is 0. The van der Waals surface area contributed by atoms with Crippen molar-refractivity contribution in [2.75, 3.05) is 0 Å². The van der Waals surface area contributed by atoms with Crippen LogP contribution in [0.5, 0.6) is 5.75 Å².